The Morgan fingerprint density at radius 2 is 2.24 bits per heavy atom. The first-order valence-electron chi connectivity index (χ1n) is 9.43. The number of nitrogens with one attached hydrogen (secondary N) is 2. The van der Waals surface area contributed by atoms with E-state index in [0.717, 1.165) is 34.8 Å². The minimum atomic E-state index is -0.350. The van der Waals surface area contributed by atoms with Gasteiger partial charge in [0, 0.05) is 11.9 Å². The van der Waals surface area contributed by atoms with E-state index in [1.165, 1.54) is 20.9 Å². The van der Waals surface area contributed by atoms with Crippen molar-refractivity contribution in [2.24, 2.45) is 13.0 Å². The molecule has 29 heavy (non-hydrogen) atoms. The number of esters is 1. The molecule has 2 aromatic rings. The number of amides is 1. The van der Waals surface area contributed by atoms with Crippen molar-refractivity contribution in [3.63, 3.8) is 0 Å². The van der Waals surface area contributed by atoms with Crippen molar-refractivity contribution < 1.29 is 14.3 Å². The average molecular weight is 546 g/mol. The van der Waals surface area contributed by atoms with Crippen LogP contribution in [0.4, 0.5) is 5.00 Å². The van der Waals surface area contributed by atoms with Gasteiger partial charge in [0.1, 0.15) is 10.7 Å². The molecule has 0 unspecified atom stereocenters. The van der Waals surface area contributed by atoms with Gasteiger partial charge in [-0.25, -0.2) is 4.79 Å². The Labute approximate surface area is 192 Å². The van der Waals surface area contributed by atoms with Crippen LogP contribution in [-0.2, 0) is 24.6 Å². The number of thiophene rings is 1. The lowest BCUT2D eigenvalue weighted by Gasteiger charge is -2.18. The SMILES string of the molecule is CCCOC(=O)c1c(NC(=S)NC(=O)c2c(I)cnn2C)sc2c1CC[C@H](C)C2. The molecule has 3 rings (SSSR count). The van der Waals surface area contributed by atoms with E-state index in [4.69, 9.17) is 17.0 Å². The van der Waals surface area contributed by atoms with E-state index < -0.39 is 0 Å². The van der Waals surface area contributed by atoms with Crippen molar-refractivity contribution in [3.8, 4) is 0 Å². The highest BCUT2D eigenvalue weighted by atomic mass is 127. The Bertz CT molecular complexity index is 934. The van der Waals surface area contributed by atoms with E-state index in [0.29, 0.717) is 28.8 Å². The van der Waals surface area contributed by atoms with Gasteiger partial charge in [-0.05, 0) is 72.0 Å². The summed E-state index contributed by atoms with van der Waals surface area (Å²) in [5, 5.41) is 10.6. The number of thiocarbonyl (C=S) groups is 1. The number of anilines is 1. The van der Waals surface area contributed by atoms with Gasteiger partial charge >= 0.3 is 5.97 Å². The highest BCUT2D eigenvalue weighted by Crippen LogP contribution is 2.40. The minimum absolute atomic E-state index is 0.142. The molecule has 7 nitrogen and oxygen atoms in total. The van der Waals surface area contributed by atoms with Crippen LogP contribution in [0.1, 0.15) is 58.0 Å². The molecule has 10 heteroatoms. The Balaban J connectivity index is 1.81. The zero-order valence-electron chi connectivity index (χ0n) is 16.5. The monoisotopic (exact) mass is 546 g/mol. The lowest BCUT2D eigenvalue weighted by Crippen LogP contribution is -2.35. The quantitative estimate of drug-likeness (QED) is 0.336. The van der Waals surface area contributed by atoms with Crippen molar-refractivity contribution >= 4 is 68.1 Å². The third-order valence-electron chi connectivity index (χ3n) is 4.72. The zero-order chi connectivity index (χ0) is 21.1. The molecule has 1 amide bonds. The average Bonchev–Trinajstić information content (AvgIpc) is 3.18. The van der Waals surface area contributed by atoms with Crippen LogP contribution in [0.25, 0.3) is 0 Å². The van der Waals surface area contributed by atoms with Gasteiger partial charge in [0.25, 0.3) is 5.91 Å². The van der Waals surface area contributed by atoms with Gasteiger partial charge in [-0.1, -0.05) is 13.8 Å². The summed E-state index contributed by atoms with van der Waals surface area (Å²) in [5.41, 5.74) is 2.03. The fourth-order valence-corrected chi connectivity index (χ4v) is 5.67. The fourth-order valence-electron chi connectivity index (χ4n) is 3.28. The molecule has 0 aliphatic heterocycles. The number of nitrogens with zero attached hydrogens (tertiary/aromatic N) is 2. The first-order valence-corrected chi connectivity index (χ1v) is 11.7. The third-order valence-corrected chi connectivity index (χ3v) is 6.88. The number of hydrogen-bond acceptors (Lipinski definition) is 6. The van der Waals surface area contributed by atoms with Crippen LogP contribution < -0.4 is 10.6 Å². The summed E-state index contributed by atoms with van der Waals surface area (Å²) in [6, 6.07) is 0. The molecule has 1 aliphatic rings. The van der Waals surface area contributed by atoms with E-state index in [-0.39, 0.29) is 17.0 Å². The van der Waals surface area contributed by atoms with Crippen LogP contribution in [0.2, 0.25) is 0 Å². The number of carbonyl (C=O) groups is 2. The van der Waals surface area contributed by atoms with Crippen LogP contribution in [0, 0.1) is 9.49 Å². The Morgan fingerprint density at radius 1 is 1.48 bits per heavy atom. The first kappa shape index (κ1) is 22.2. The van der Waals surface area contributed by atoms with Gasteiger partial charge in [-0.2, -0.15) is 5.10 Å². The summed E-state index contributed by atoms with van der Waals surface area (Å²) in [7, 11) is 1.70. The van der Waals surface area contributed by atoms with Gasteiger partial charge in [0.15, 0.2) is 5.11 Å². The van der Waals surface area contributed by atoms with Crippen LogP contribution in [0.3, 0.4) is 0 Å². The van der Waals surface area contributed by atoms with E-state index in [2.05, 4.69) is 45.2 Å². The molecule has 0 spiro atoms. The molecule has 0 saturated heterocycles. The normalized spacial score (nSPS) is 15.5. The Hall–Kier alpha value is -1.53. The summed E-state index contributed by atoms with van der Waals surface area (Å²) in [5.74, 6) is -0.110. The molecule has 1 aliphatic carbocycles. The Kier molecular flexibility index (Phi) is 7.28. The van der Waals surface area contributed by atoms with E-state index in [9.17, 15) is 9.59 Å². The molecule has 2 aromatic heterocycles. The van der Waals surface area contributed by atoms with Crippen molar-refractivity contribution in [3.05, 3.63) is 31.5 Å². The van der Waals surface area contributed by atoms with Crippen molar-refractivity contribution in [1.29, 1.82) is 0 Å². The largest absolute Gasteiger partial charge is 0.462 e. The summed E-state index contributed by atoms with van der Waals surface area (Å²) in [4.78, 5) is 26.5. The highest BCUT2D eigenvalue weighted by Gasteiger charge is 2.29. The predicted octanol–water partition coefficient (Wildman–Crippen LogP) is 3.90. The molecular formula is C19H23IN4O3S2. The standard InChI is InChI=1S/C19H23IN4O3S2/c1-4-7-27-18(26)14-11-6-5-10(2)8-13(11)29-17(14)23-19(28)22-16(25)15-12(20)9-21-24(15)3/h9-10H,4-8H2,1-3H3,(H2,22,23,25,28)/t10-/m0/s1. The Morgan fingerprint density at radius 3 is 2.90 bits per heavy atom. The molecule has 2 heterocycles. The fraction of sp³-hybridized carbons (Fsp3) is 0.474. The summed E-state index contributed by atoms with van der Waals surface area (Å²) >= 11 is 8.92. The molecule has 0 fully saturated rings. The maximum absolute atomic E-state index is 12.7. The second-order valence-corrected chi connectivity index (χ2v) is 9.74. The molecule has 0 bridgehead atoms. The zero-order valence-corrected chi connectivity index (χ0v) is 20.3. The number of halogens is 1. The maximum atomic E-state index is 12.7. The number of hydrogen-bond donors (Lipinski definition) is 2. The molecule has 0 saturated carbocycles. The van der Waals surface area contributed by atoms with Crippen molar-refractivity contribution in [2.75, 3.05) is 11.9 Å². The smallest absolute Gasteiger partial charge is 0.341 e. The van der Waals surface area contributed by atoms with E-state index in [1.54, 1.807) is 13.2 Å². The second kappa shape index (κ2) is 9.52. The number of aromatic nitrogens is 2. The summed E-state index contributed by atoms with van der Waals surface area (Å²) in [6.45, 7) is 4.55. The van der Waals surface area contributed by atoms with Gasteiger partial charge < -0.3 is 10.1 Å². The minimum Gasteiger partial charge on any atom is -0.462 e. The van der Waals surface area contributed by atoms with Gasteiger partial charge in [-0.15, -0.1) is 11.3 Å². The lowest BCUT2D eigenvalue weighted by molar-refractivity contribution is 0.0505. The molecule has 0 aromatic carbocycles. The molecular weight excluding hydrogens is 523 g/mol. The predicted molar refractivity (Wildman–Crippen MR) is 126 cm³/mol. The second-order valence-electron chi connectivity index (χ2n) is 7.06. The van der Waals surface area contributed by atoms with Crippen LogP contribution in [0.5, 0.6) is 0 Å². The molecule has 2 N–H and O–H groups in total. The molecule has 1 atom stereocenters. The summed E-state index contributed by atoms with van der Waals surface area (Å²) in [6.07, 6.45) is 5.19. The van der Waals surface area contributed by atoms with Crippen LogP contribution >= 0.6 is 46.1 Å². The van der Waals surface area contributed by atoms with Gasteiger partial charge in [0.2, 0.25) is 0 Å². The molecule has 156 valence electrons. The number of rotatable bonds is 5. The third kappa shape index (κ3) is 4.97. The lowest BCUT2D eigenvalue weighted by atomic mass is 9.88. The summed E-state index contributed by atoms with van der Waals surface area (Å²) < 4.78 is 7.64. The van der Waals surface area contributed by atoms with Crippen molar-refractivity contribution in [2.45, 2.75) is 39.5 Å². The van der Waals surface area contributed by atoms with Crippen LogP contribution in [-0.4, -0.2) is 33.4 Å². The van der Waals surface area contributed by atoms with Crippen molar-refractivity contribution in [1.82, 2.24) is 15.1 Å². The number of carbonyl (C=O) groups excluding carboxylic acids is 2. The number of fused-ring (bicyclic) bond motifs is 1. The van der Waals surface area contributed by atoms with Gasteiger partial charge in [-0.3, -0.25) is 14.8 Å². The highest BCUT2D eigenvalue weighted by molar-refractivity contribution is 14.1. The van der Waals surface area contributed by atoms with Crippen LogP contribution in [0.15, 0.2) is 6.20 Å². The number of ether oxygens (including phenoxy) is 1. The van der Waals surface area contributed by atoms with E-state index >= 15 is 0 Å². The van der Waals surface area contributed by atoms with Gasteiger partial charge in [0.05, 0.1) is 21.9 Å². The number of aryl methyl sites for hydroxylation is 1. The first-order chi connectivity index (χ1) is 13.8. The topological polar surface area (TPSA) is 85.2 Å². The maximum Gasteiger partial charge on any atom is 0.341 e. The molecule has 0 radical (unpaired) electrons. The van der Waals surface area contributed by atoms with E-state index in [1.807, 2.05) is 6.92 Å².